The van der Waals surface area contributed by atoms with Crippen LogP contribution in [0, 0.1) is 5.92 Å². The van der Waals surface area contributed by atoms with Crippen LogP contribution in [0.15, 0.2) is 12.3 Å². The highest BCUT2D eigenvalue weighted by molar-refractivity contribution is 5.94. The lowest BCUT2D eigenvalue weighted by molar-refractivity contribution is -0.141. The van der Waals surface area contributed by atoms with E-state index >= 15 is 0 Å². The van der Waals surface area contributed by atoms with Crippen molar-refractivity contribution in [2.24, 2.45) is 11.7 Å². The number of nitrogens with one attached hydrogen (secondary N) is 2. The molecule has 9 heteroatoms. The van der Waals surface area contributed by atoms with Gasteiger partial charge >= 0.3 is 5.97 Å². The number of esters is 1. The monoisotopic (exact) mass is 311 g/mol. The van der Waals surface area contributed by atoms with Gasteiger partial charge < -0.3 is 21.1 Å². The van der Waals surface area contributed by atoms with Crippen molar-refractivity contribution in [2.75, 3.05) is 19.0 Å². The van der Waals surface area contributed by atoms with Crippen molar-refractivity contribution < 1.29 is 19.1 Å². The molecule has 1 atom stereocenters. The number of amides is 2. The lowest BCUT2D eigenvalue weighted by Crippen LogP contribution is -2.46. The minimum atomic E-state index is -0.660. The van der Waals surface area contributed by atoms with Gasteiger partial charge in [0.2, 0.25) is 11.8 Å². The zero-order valence-electron chi connectivity index (χ0n) is 12.8. The third kappa shape index (κ3) is 5.52. The van der Waals surface area contributed by atoms with E-state index in [4.69, 9.17) is 5.73 Å². The number of carbonyl (C=O) groups excluding carboxylic acids is 3. The standard InChI is InChI=1S/C13H21N5O4/c1-8(2)12(14)13(21)15-6-10(19)16-9-4-5-18(17-9)7-11(20)22-3/h4-5,8,12H,6-7,14H2,1-3H3,(H,15,21)(H,16,17,19)/t12-/m0/s1. The van der Waals surface area contributed by atoms with E-state index in [2.05, 4.69) is 20.5 Å². The van der Waals surface area contributed by atoms with E-state index in [0.717, 1.165) is 0 Å². The summed E-state index contributed by atoms with van der Waals surface area (Å²) in [7, 11) is 1.28. The Morgan fingerprint density at radius 1 is 1.41 bits per heavy atom. The quantitative estimate of drug-likeness (QED) is 0.559. The fourth-order valence-electron chi connectivity index (χ4n) is 1.49. The molecule has 1 heterocycles. The summed E-state index contributed by atoms with van der Waals surface area (Å²) in [5.41, 5.74) is 5.66. The van der Waals surface area contributed by atoms with Crippen LogP contribution in [0.4, 0.5) is 5.82 Å². The number of rotatable bonds is 7. The Hall–Kier alpha value is -2.42. The number of nitrogens with two attached hydrogens (primary N) is 1. The van der Waals surface area contributed by atoms with Crippen LogP contribution in [0.25, 0.3) is 0 Å². The van der Waals surface area contributed by atoms with Gasteiger partial charge in [-0.05, 0) is 5.92 Å². The first-order valence-electron chi connectivity index (χ1n) is 6.77. The van der Waals surface area contributed by atoms with Crippen LogP contribution in [0.5, 0.6) is 0 Å². The average Bonchev–Trinajstić information content (AvgIpc) is 2.90. The molecule has 22 heavy (non-hydrogen) atoms. The highest BCUT2D eigenvalue weighted by Crippen LogP contribution is 2.02. The molecule has 0 aliphatic heterocycles. The Balaban J connectivity index is 2.42. The Morgan fingerprint density at radius 2 is 2.09 bits per heavy atom. The molecule has 0 fully saturated rings. The Morgan fingerprint density at radius 3 is 2.68 bits per heavy atom. The number of hydrogen-bond acceptors (Lipinski definition) is 6. The van der Waals surface area contributed by atoms with Crippen LogP contribution in [0.2, 0.25) is 0 Å². The number of aromatic nitrogens is 2. The normalized spacial score (nSPS) is 11.9. The first kappa shape index (κ1) is 17.6. The fraction of sp³-hybridized carbons (Fsp3) is 0.538. The first-order valence-corrected chi connectivity index (χ1v) is 6.77. The summed E-state index contributed by atoms with van der Waals surface area (Å²) in [5.74, 6) is -1.02. The highest BCUT2D eigenvalue weighted by atomic mass is 16.5. The smallest absolute Gasteiger partial charge is 0.327 e. The molecule has 1 rings (SSSR count). The second kappa shape index (κ2) is 8.13. The summed E-state index contributed by atoms with van der Waals surface area (Å²) in [6.07, 6.45) is 1.53. The molecule has 0 spiro atoms. The van der Waals surface area contributed by atoms with Crippen LogP contribution in [0.3, 0.4) is 0 Å². The predicted molar refractivity (Wildman–Crippen MR) is 78.7 cm³/mol. The molecule has 122 valence electrons. The number of ether oxygens (including phenoxy) is 1. The van der Waals surface area contributed by atoms with Gasteiger partial charge in [0.25, 0.3) is 0 Å². The molecule has 0 radical (unpaired) electrons. The van der Waals surface area contributed by atoms with E-state index in [1.54, 1.807) is 0 Å². The zero-order valence-corrected chi connectivity index (χ0v) is 12.8. The maximum absolute atomic E-state index is 11.7. The molecule has 1 aromatic heterocycles. The molecule has 2 amide bonds. The molecule has 0 aliphatic carbocycles. The maximum atomic E-state index is 11.7. The number of anilines is 1. The van der Waals surface area contributed by atoms with Gasteiger partial charge in [0.15, 0.2) is 5.82 Å². The molecular formula is C13H21N5O4. The summed E-state index contributed by atoms with van der Waals surface area (Å²) in [6.45, 7) is 3.38. The molecule has 0 bridgehead atoms. The van der Waals surface area contributed by atoms with Crippen molar-refractivity contribution in [3.63, 3.8) is 0 Å². The lowest BCUT2D eigenvalue weighted by atomic mass is 10.1. The molecule has 0 saturated carbocycles. The van der Waals surface area contributed by atoms with Crippen molar-refractivity contribution >= 4 is 23.6 Å². The van der Waals surface area contributed by atoms with Crippen molar-refractivity contribution in [1.29, 1.82) is 0 Å². The number of nitrogens with zero attached hydrogens (tertiary/aromatic N) is 2. The second-order valence-electron chi connectivity index (χ2n) is 5.01. The van der Waals surface area contributed by atoms with Crippen molar-refractivity contribution in [3.05, 3.63) is 12.3 Å². The highest BCUT2D eigenvalue weighted by Gasteiger charge is 2.17. The third-order valence-electron chi connectivity index (χ3n) is 2.87. The van der Waals surface area contributed by atoms with Crippen LogP contribution in [-0.2, 0) is 25.7 Å². The van der Waals surface area contributed by atoms with Gasteiger partial charge in [-0.25, -0.2) is 0 Å². The number of methoxy groups -OCH3 is 1. The molecular weight excluding hydrogens is 290 g/mol. The van der Waals surface area contributed by atoms with Crippen LogP contribution >= 0.6 is 0 Å². The molecule has 1 aromatic rings. The fourth-order valence-corrected chi connectivity index (χ4v) is 1.49. The number of carbonyl (C=O) groups is 3. The summed E-state index contributed by atoms with van der Waals surface area (Å²) < 4.78 is 5.83. The van der Waals surface area contributed by atoms with Gasteiger partial charge in [-0.2, -0.15) is 5.10 Å². The van der Waals surface area contributed by atoms with E-state index in [9.17, 15) is 14.4 Å². The zero-order chi connectivity index (χ0) is 16.7. The van der Waals surface area contributed by atoms with Gasteiger partial charge in [0.1, 0.15) is 6.54 Å². The van der Waals surface area contributed by atoms with Crippen LogP contribution < -0.4 is 16.4 Å². The van der Waals surface area contributed by atoms with Gasteiger partial charge in [-0.15, -0.1) is 0 Å². The van der Waals surface area contributed by atoms with Crippen molar-refractivity contribution in [2.45, 2.75) is 26.4 Å². The van der Waals surface area contributed by atoms with Gasteiger partial charge in [-0.3, -0.25) is 19.1 Å². The SMILES string of the molecule is COC(=O)Cn1ccc(NC(=O)CNC(=O)[C@@H](N)C(C)C)n1. The third-order valence-corrected chi connectivity index (χ3v) is 2.87. The minimum Gasteiger partial charge on any atom is -0.468 e. The Bertz CT molecular complexity index is 540. The molecule has 0 saturated heterocycles. The predicted octanol–water partition coefficient (Wildman–Crippen LogP) is -0.906. The minimum absolute atomic E-state index is 0.0166. The van der Waals surface area contributed by atoms with Gasteiger partial charge in [-0.1, -0.05) is 13.8 Å². The molecule has 4 N–H and O–H groups in total. The molecule has 0 unspecified atom stereocenters. The van der Waals surface area contributed by atoms with E-state index in [1.165, 1.54) is 24.1 Å². The van der Waals surface area contributed by atoms with E-state index in [0.29, 0.717) is 0 Å². The second-order valence-corrected chi connectivity index (χ2v) is 5.01. The first-order chi connectivity index (χ1) is 10.3. The van der Waals surface area contributed by atoms with E-state index in [1.807, 2.05) is 13.8 Å². The van der Waals surface area contributed by atoms with E-state index in [-0.39, 0.29) is 30.7 Å². The summed E-state index contributed by atoms with van der Waals surface area (Å²) >= 11 is 0. The van der Waals surface area contributed by atoms with Gasteiger partial charge in [0.05, 0.1) is 19.7 Å². The number of hydrogen-bond donors (Lipinski definition) is 3. The van der Waals surface area contributed by atoms with Crippen molar-refractivity contribution in [3.8, 4) is 0 Å². The van der Waals surface area contributed by atoms with Crippen LogP contribution in [-0.4, -0.2) is 47.3 Å². The largest absolute Gasteiger partial charge is 0.468 e. The lowest BCUT2D eigenvalue weighted by Gasteiger charge is -2.14. The Labute approximate surface area is 128 Å². The average molecular weight is 311 g/mol. The topological polar surface area (TPSA) is 128 Å². The summed E-state index contributed by atoms with van der Waals surface area (Å²) in [5, 5.41) is 8.92. The molecule has 0 aliphatic rings. The summed E-state index contributed by atoms with van der Waals surface area (Å²) in [4.78, 5) is 34.4. The van der Waals surface area contributed by atoms with Crippen molar-refractivity contribution in [1.82, 2.24) is 15.1 Å². The molecule has 9 nitrogen and oxygen atoms in total. The molecule has 0 aromatic carbocycles. The van der Waals surface area contributed by atoms with Gasteiger partial charge in [0, 0.05) is 12.3 Å². The summed E-state index contributed by atoms with van der Waals surface area (Å²) in [6, 6.07) is 0.870. The maximum Gasteiger partial charge on any atom is 0.327 e. The van der Waals surface area contributed by atoms with E-state index < -0.39 is 17.9 Å². The van der Waals surface area contributed by atoms with Crippen LogP contribution in [0.1, 0.15) is 13.8 Å². The Kier molecular flexibility index (Phi) is 6.51.